The van der Waals surface area contributed by atoms with Crippen molar-refractivity contribution in [1.29, 1.82) is 0 Å². The van der Waals surface area contributed by atoms with Crippen LogP contribution in [0.1, 0.15) is 11.3 Å². The Hall–Kier alpha value is -1.72. The van der Waals surface area contributed by atoms with Crippen molar-refractivity contribution in [3.63, 3.8) is 0 Å². The van der Waals surface area contributed by atoms with E-state index in [0.717, 1.165) is 17.9 Å². The van der Waals surface area contributed by atoms with E-state index < -0.39 is 0 Å². The van der Waals surface area contributed by atoms with E-state index in [9.17, 15) is 4.79 Å². The van der Waals surface area contributed by atoms with Gasteiger partial charge >= 0.3 is 0 Å². The number of rotatable bonds is 5. The third kappa shape index (κ3) is 4.46. The third-order valence-electron chi connectivity index (χ3n) is 2.56. The molecule has 0 aliphatic heterocycles. The zero-order valence-electron chi connectivity index (χ0n) is 11.1. The molecule has 0 fully saturated rings. The van der Waals surface area contributed by atoms with Gasteiger partial charge in [0.05, 0.1) is 17.6 Å². The Morgan fingerprint density at radius 1 is 1.32 bits per heavy atom. The van der Waals surface area contributed by atoms with Gasteiger partial charge in [-0.2, -0.15) is 0 Å². The van der Waals surface area contributed by atoms with Crippen molar-refractivity contribution in [3.8, 4) is 0 Å². The predicted octanol–water partition coefficient (Wildman–Crippen LogP) is 2.39. The number of hydrogen-bond donors (Lipinski definition) is 1. The highest BCUT2D eigenvalue weighted by atomic mass is 32.1. The quantitative estimate of drug-likeness (QED) is 0.911. The molecular formula is C14H17N3OS. The molecule has 1 amide bonds. The van der Waals surface area contributed by atoms with Crippen LogP contribution in [-0.4, -0.2) is 29.9 Å². The summed E-state index contributed by atoms with van der Waals surface area (Å²) in [5.41, 5.74) is 4.59. The van der Waals surface area contributed by atoms with Crippen LogP contribution in [0.25, 0.3) is 0 Å². The highest BCUT2D eigenvalue weighted by molar-refractivity contribution is 7.07. The Morgan fingerprint density at radius 3 is 2.63 bits per heavy atom. The maximum Gasteiger partial charge on any atom is 0.230 e. The van der Waals surface area contributed by atoms with Gasteiger partial charge in [-0.05, 0) is 31.8 Å². The standard InChI is InChI=1S/C14H17N3OS/c1-17(2)8-11-3-5-12(6-4-11)16-14(18)7-13-9-19-10-15-13/h3-6,9-10H,7-8H2,1-2H3,(H,16,18). The van der Waals surface area contributed by atoms with Gasteiger partial charge in [-0.3, -0.25) is 4.79 Å². The van der Waals surface area contributed by atoms with E-state index in [0.29, 0.717) is 6.42 Å². The summed E-state index contributed by atoms with van der Waals surface area (Å²) in [7, 11) is 4.06. The summed E-state index contributed by atoms with van der Waals surface area (Å²) in [5, 5.41) is 4.76. The van der Waals surface area contributed by atoms with Gasteiger partial charge in [0.2, 0.25) is 5.91 Å². The van der Waals surface area contributed by atoms with Crippen molar-refractivity contribution < 1.29 is 4.79 Å². The molecule has 0 atom stereocenters. The summed E-state index contributed by atoms with van der Waals surface area (Å²) in [4.78, 5) is 18.0. The number of carbonyl (C=O) groups is 1. The zero-order chi connectivity index (χ0) is 13.7. The minimum atomic E-state index is -0.0359. The Bertz CT molecular complexity index is 520. The maximum absolute atomic E-state index is 11.8. The zero-order valence-corrected chi connectivity index (χ0v) is 11.9. The number of aromatic nitrogens is 1. The second-order valence-corrected chi connectivity index (χ2v) is 5.36. The molecule has 5 heteroatoms. The van der Waals surface area contributed by atoms with E-state index in [1.54, 1.807) is 5.51 Å². The van der Waals surface area contributed by atoms with E-state index in [1.165, 1.54) is 16.9 Å². The predicted molar refractivity (Wildman–Crippen MR) is 78.3 cm³/mol. The van der Waals surface area contributed by atoms with E-state index in [1.807, 2.05) is 43.7 Å². The van der Waals surface area contributed by atoms with Gasteiger partial charge in [-0.25, -0.2) is 4.98 Å². The lowest BCUT2D eigenvalue weighted by Crippen LogP contribution is -2.15. The molecule has 0 saturated carbocycles. The first-order valence-electron chi connectivity index (χ1n) is 6.04. The molecule has 0 aliphatic carbocycles. The van der Waals surface area contributed by atoms with Gasteiger partial charge in [-0.1, -0.05) is 12.1 Å². The minimum absolute atomic E-state index is 0.0359. The molecular weight excluding hydrogens is 258 g/mol. The first-order valence-corrected chi connectivity index (χ1v) is 6.98. The van der Waals surface area contributed by atoms with Crippen LogP contribution in [0.4, 0.5) is 5.69 Å². The van der Waals surface area contributed by atoms with E-state index in [2.05, 4.69) is 15.2 Å². The number of nitrogens with one attached hydrogen (secondary N) is 1. The fraction of sp³-hybridized carbons (Fsp3) is 0.286. The smallest absolute Gasteiger partial charge is 0.230 e. The summed E-state index contributed by atoms with van der Waals surface area (Å²) in [6.45, 7) is 0.896. The molecule has 0 unspecified atom stereocenters. The van der Waals surface area contributed by atoms with Crippen molar-refractivity contribution in [3.05, 3.63) is 46.4 Å². The van der Waals surface area contributed by atoms with E-state index in [-0.39, 0.29) is 5.91 Å². The second-order valence-electron chi connectivity index (χ2n) is 4.64. The van der Waals surface area contributed by atoms with Gasteiger partial charge in [0.15, 0.2) is 0 Å². The third-order valence-corrected chi connectivity index (χ3v) is 3.20. The Balaban J connectivity index is 1.90. The summed E-state index contributed by atoms with van der Waals surface area (Å²) >= 11 is 1.50. The maximum atomic E-state index is 11.8. The van der Waals surface area contributed by atoms with Gasteiger partial charge in [0, 0.05) is 17.6 Å². The molecule has 0 aliphatic rings. The van der Waals surface area contributed by atoms with Crippen LogP contribution in [0.2, 0.25) is 0 Å². The molecule has 0 bridgehead atoms. The highest BCUT2D eigenvalue weighted by Gasteiger charge is 2.05. The molecule has 1 aromatic carbocycles. The first-order chi connectivity index (χ1) is 9.13. The average Bonchev–Trinajstić information content (AvgIpc) is 2.83. The number of thiazole rings is 1. The lowest BCUT2D eigenvalue weighted by atomic mass is 10.2. The lowest BCUT2D eigenvalue weighted by molar-refractivity contribution is -0.115. The average molecular weight is 275 g/mol. The summed E-state index contributed by atoms with van der Waals surface area (Å²) in [5.74, 6) is -0.0359. The SMILES string of the molecule is CN(C)Cc1ccc(NC(=O)Cc2cscn2)cc1. The van der Waals surface area contributed by atoms with E-state index >= 15 is 0 Å². The molecule has 0 radical (unpaired) electrons. The van der Waals surface area contributed by atoms with Crippen LogP contribution in [-0.2, 0) is 17.8 Å². The summed E-state index contributed by atoms with van der Waals surface area (Å²) in [6.07, 6.45) is 0.322. The fourth-order valence-corrected chi connectivity index (χ4v) is 2.31. The number of nitrogens with zero attached hydrogens (tertiary/aromatic N) is 2. The molecule has 1 heterocycles. The number of hydrogen-bond acceptors (Lipinski definition) is 4. The molecule has 0 saturated heterocycles. The molecule has 2 aromatic rings. The minimum Gasteiger partial charge on any atom is -0.326 e. The van der Waals surface area contributed by atoms with Crippen LogP contribution in [0, 0.1) is 0 Å². The Kier molecular flexibility index (Phi) is 4.65. The van der Waals surface area contributed by atoms with Crippen LogP contribution in [0.15, 0.2) is 35.2 Å². The molecule has 2 rings (SSSR count). The largest absolute Gasteiger partial charge is 0.326 e. The molecule has 4 nitrogen and oxygen atoms in total. The van der Waals surface area contributed by atoms with Gasteiger partial charge in [0.1, 0.15) is 0 Å². The van der Waals surface area contributed by atoms with Crippen molar-refractivity contribution in [2.75, 3.05) is 19.4 Å². The van der Waals surface area contributed by atoms with Crippen molar-refractivity contribution in [2.24, 2.45) is 0 Å². The van der Waals surface area contributed by atoms with Gasteiger partial charge < -0.3 is 10.2 Å². The highest BCUT2D eigenvalue weighted by Crippen LogP contribution is 2.11. The number of anilines is 1. The van der Waals surface area contributed by atoms with Crippen LogP contribution < -0.4 is 5.32 Å². The molecule has 1 aromatic heterocycles. The topological polar surface area (TPSA) is 45.2 Å². The molecule has 0 spiro atoms. The Labute approximate surface area is 117 Å². The molecule has 100 valence electrons. The van der Waals surface area contributed by atoms with Crippen LogP contribution >= 0.6 is 11.3 Å². The normalized spacial score (nSPS) is 10.7. The Morgan fingerprint density at radius 2 is 2.05 bits per heavy atom. The molecule has 1 N–H and O–H groups in total. The second kappa shape index (κ2) is 6.45. The summed E-state index contributed by atoms with van der Waals surface area (Å²) < 4.78 is 0. The van der Waals surface area contributed by atoms with Crippen LogP contribution in [0.5, 0.6) is 0 Å². The number of carbonyl (C=O) groups excluding carboxylic acids is 1. The monoisotopic (exact) mass is 275 g/mol. The lowest BCUT2D eigenvalue weighted by Gasteiger charge is -2.10. The van der Waals surface area contributed by atoms with Crippen molar-refractivity contribution in [1.82, 2.24) is 9.88 Å². The van der Waals surface area contributed by atoms with Gasteiger partial charge in [0.25, 0.3) is 0 Å². The number of amides is 1. The van der Waals surface area contributed by atoms with Gasteiger partial charge in [-0.15, -0.1) is 11.3 Å². The molecule has 19 heavy (non-hydrogen) atoms. The summed E-state index contributed by atoms with van der Waals surface area (Å²) in [6, 6.07) is 7.91. The van der Waals surface area contributed by atoms with E-state index in [4.69, 9.17) is 0 Å². The van der Waals surface area contributed by atoms with Crippen molar-refractivity contribution in [2.45, 2.75) is 13.0 Å². The fourth-order valence-electron chi connectivity index (χ4n) is 1.75. The number of benzene rings is 1. The van der Waals surface area contributed by atoms with Crippen molar-refractivity contribution >= 4 is 22.9 Å². The first kappa shape index (κ1) is 13.7. The van der Waals surface area contributed by atoms with Crippen LogP contribution in [0.3, 0.4) is 0 Å².